The van der Waals surface area contributed by atoms with Gasteiger partial charge >= 0.3 is 0 Å². The number of methoxy groups -OCH3 is 1. The quantitative estimate of drug-likeness (QED) is 0.710. The molecule has 1 unspecified atom stereocenters. The first-order chi connectivity index (χ1) is 14.0. The van der Waals surface area contributed by atoms with Gasteiger partial charge in [0, 0.05) is 12.6 Å². The predicted molar refractivity (Wildman–Crippen MR) is 114 cm³/mol. The van der Waals surface area contributed by atoms with E-state index in [4.69, 9.17) is 14.6 Å². The van der Waals surface area contributed by atoms with Crippen molar-refractivity contribution in [1.29, 1.82) is 0 Å². The van der Waals surface area contributed by atoms with Crippen molar-refractivity contribution < 1.29 is 14.4 Å². The number of hydroxylamine groups is 2. The van der Waals surface area contributed by atoms with Crippen LogP contribution < -0.4 is 10.1 Å². The molecule has 0 fully saturated rings. The van der Waals surface area contributed by atoms with E-state index in [1.165, 1.54) is 0 Å². The van der Waals surface area contributed by atoms with Crippen LogP contribution in [0, 0.1) is 0 Å². The van der Waals surface area contributed by atoms with Crippen molar-refractivity contribution in [3.8, 4) is 5.75 Å². The molecule has 1 aliphatic rings. The molecule has 3 aromatic carbocycles. The Hall–Kier alpha value is -3.38. The normalized spacial score (nSPS) is 18.6. The maximum Gasteiger partial charge on any atom is 0.229 e. The summed E-state index contributed by atoms with van der Waals surface area (Å²) in [6, 6.07) is 21.5. The van der Waals surface area contributed by atoms with Crippen molar-refractivity contribution in [3.63, 3.8) is 0 Å². The predicted octanol–water partition coefficient (Wildman–Crippen LogP) is 4.22. The molecule has 1 heterocycles. The van der Waals surface area contributed by atoms with Gasteiger partial charge < -0.3 is 10.1 Å². The lowest BCUT2D eigenvalue weighted by molar-refractivity contribution is -0.164. The molecule has 4 rings (SSSR count). The molecule has 3 aromatic rings. The number of carbonyl (C=O) groups excluding carboxylic acids is 1. The smallest absolute Gasteiger partial charge is 0.229 e. The first-order valence-corrected chi connectivity index (χ1v) is 9.43. The topological polar surface area (TPSA) is 63.2 Å². The molecule has 1 N–H and O–H groups in total. The Kier molecular flexibility index (Phi) is 4.94. The molecule has 148 valence electrons. The van der Waals surface area contributed by atoms with Crippen LogP contribution in [-0.4, -0.2) is 36.7 Å². The molecular weight excluding hydrogens is 366 g/mol. The summed E-state index contributed by atoms with van der Waals surface area (Å²) in [5.41, 5.74) is 0.598. The minimum absolute atomic E-state index is 0.0731. The second kappa shape index (κ2) is 7.56. The molecule has 0 saturated heterocycles. The number of nitrogens with zero attached hydrogens (tertiary/aromatic N) is 2. The average molecular weight is 389 g/mol. The second-order valence-corrected chi connectivity index (χ2v) is 7.15. The van der Waals surface area contributed by atoms with Crippen LogP contribution in [0.25, 0.3) is 10.8 Å². The van der Waals surface area contributed by atoms with Gasteiger partial charge in [0.15, 0.2) is 11.6 Å². The monoisotopic (exact) mass is 389 g/mol. The minimum atomic E-state index is -0.993. The number of carbonyl (C=O) groups is 1. The Morgan fingerprint density at radius 1 is 1.10 bits per heavy atom. The van der Waals surface area contributed by atoms with Crippen molar-refractivity contribution in [2.45, 2.75) is 19.1 Å². The molecule has 1 atom stereocenters. The Labute approximate surface area is 169 Å². The third-order valence-corrected chi connectivity index (χ3v) is 4.87. The summed E-state index contributed by atoms with van der Waals surface area (Å²) in [6.07, 6.45) is 0.0731. The van der Waals surface area contributed by atoms with Crippen molar-refractivity contribution in [1.82, 2.24) is 5.06 Å². The van der Waals surface area contributed by atoms with Crippen LogP contribution >= 0.6 is 0 Å². The fourth-order valence-electron chi connectivity index (χ4n) is 3.62. The summed E-state index contributed by atoms with van der Waals surface area (Å²) < 4.78 is 5.29. The molecule has 1 amide bonds. The first kappa shape index (κ1) is 19.0. The number of benzene rings is 3. The van der Waals surface area contributed by atoms with Gasteiger partial charge in [-0.25, -0.2) is 14.9 Å². The van der Waals surface area contributed by atoms with Gasteiger partial charge in [0.1, 0.15) is 5.75 Å². The zero-order valence-corrected chi connectivity index (χ0v) is 16.7. The number of hydrogen-bond acceptors (Lipinski definition) is 5. The van der Waals surface area contributed by atoms with Crippen molar-refractivity contribution >= 4 is 28.2 Å². The van der Waals surface area contributed by atoms with E-state index >= 15 is 0 Å². The number of ether oxygens (including phenoxy) is 1. The fourth-order valence-corrected chi connectivity index (χ4v) is 3.62. The second-order valence-electron chi connectivity index (χ2n) is 7.15. The van der Waals surface area contributed by atoms with Gasteiger partial charge in [0.2, 0.25) is 5.91 Å². The van der Waals surface area contributed by atoms with Crippen LogP contribution in [0.1, 0.15) is 18.9 Å². The Balaban J connectivity index is 1.58. The van der Waals surface area contributed by atoms with Gasteiger partial charge in [-0.3, -0.25) is 4.79 Å². The summed E-state index contributed by atoms with van der Waals surface area (Å²) in [5, 5.41) is 6.74. The van der Waals surface area contributed by atoms with Crippen LogP contribution in [0.5, 0.6) is 5.75 Å². The fraction of sp³-hybridized carbons (Fsp3) is 0.217. The SMILES string of the molecule is COc1ccccc1NC(=O)CC1(C)N=C(c2cccc3ccccc23)N(C)O1. The summed E-state index contributed by atoms with van der Waals surface area (Å²) in [6.45, 7) is 1.81. The van der Waals surface area contributed by atoms with E-state index in [0.717, 1.165) is 16.3 Å². The number of amides is 1. The van der Waals surface area contributed by atoms with E-state index < -0.39 is 5.72 Å². The van der Waals surface area contributed by atoms with Gasteiger partial charge in [-0.2, -0.15) is 0 Å². The molecule has 0 radical (unpaired) electrons. The molecular formula is C23H23N3O3. The maximum atomic E-state index is 12.7. The lowest BCUT2D eigenvalue weighted by Crippen LogP contribution is -2.32. The highest BCUT2D eigenvalue weighted by molar-refractivity contribution is 6.10. The number of amidine groups is 1. The number of fused-ring (bicyclic) bond motifs is 1. The summed E-state index contributed by atoms with van der Waals surface area (Å²) in [4.78, 5) is 23.4. The van der Waals surface area contributed by atoms with E-state index in [-0.39, 0.29) is 12.3 Å². The Bertz CT molecular complexity index is 1090. The Morgan fingerprint density at radius 2 is 1.83 bits per heavy atom. The lowest BCUT2D eigenvalue weighted by atomic mass is 10.0. The van der Waals surface area contributed by atoms with E-state index in [2.05, 4.69) is 23.5 Å². The molecule has 1 aliphatic heterocycles. The van der Waals surface area contributed by atoms with Crippen LogP contribution in [0.15, 0.2) is 71.7 Å². The number of hydrogen-bond donors (Lipinski definition) is 1. The molecule has 6 nitrogen and oxygen atoms in total. The first-order valence-electron chi connectivity index (χ1n) is 9.43. The third kappa shape index (κ3) is 3.79. The molecule has 0 bridgehead atoms. The number of aliphatic imine (C=N–C) groups is 1. The zero-order valence-electron chi connectivity index (χ0n) is 16.7. The van der Waals surface area contributed by atoms with E-state index in [0.29, 0.717) is 17.3 Å². The Morgan fingerprint density at radius 3 is 2.66 bits per heavy atom. The van der Waals surface area contributed by atoms with Gasteiger partial charge in [0.25, 0.3) is 0 Å². The summed E-state index contributed by atoms with van der Waals surface area (Å²) in [7, 11) is 3.38. The highest BCUT2D eigenvalue weighted by Gasteiger charge is 2.38. The van der Waals surface area contributed by atoms with Crippen LogP contribution in [0.2, 0.25) is 0 Å². The average Bonchev–Trinajstić information content (AvgIpc) is 3.01. The maximum absolute atomic E-state index is 12.7. The molecule has 0 aliphatic carbocycles. The van der Waals surface area contributed by atoms with Gasteiger partial charge in [-0.05, 0) is 29.8 Å². The zero-order chi connectivity index (χ0) is 20.4. The minimum Gasteiger partial charge on any atom is -0.495 e. The van der Waals surface area contributed by atoms with Gasteiger partial charge in [0.05, 0.1) is 19.2 Å². The van der Waals surface area contributed by atoms with Crippen molar-refractivity contribution in [2.75, 3.05) is 19.5 Å². The highest BCUT2D eigenvalue weighted by Crippen LogP contribution is 2.31. The van der Waals surface area contributed by atoms with E-state index in [1.807, 2.05) is 50.4 Å². The van der Waals surface area contributed by atoms with E-state index in [1.54, 1.807) is 24.3 Å². The summed E-state index contributed by atoms with van der Waals surface area (Å²) in [5.74, 6) is 1.11. The molecule has 0 saturated carbocycles. The number of anilines is 1. The van der Waals surface area contributed by atoms with Crippen molar-refractivity contribution in [2.24, 2.45) is 4.99 Å². The standard InChI is InChI=1S/C23H23N3O3/c1-23(15-21(27)24-19-13-6-7-14-20(19)28-3)25-22(26(2)29-23)18-12-8-10-16-9-4-5-11-17(16)18/h4-14H,15H2,1-3H3,(H,24,27). The van der Waals surface area contributed by atoms with E-state index in [9.17, 15) is 4.79 Å². The molecule has 29 heavy (non-hydrogen) atoms. The van der Waals surface area contributed by atoms with Crippen LogP contribution in [0.3, 0.4) is 0 Å². The van der Waals surface area contributed by atoms with Crippen LogP contribution in [-0.2, 0) is 9.63 Å². The van der Waals surface area contributed by atoms with Gasteiger partial charge in [-0.15, -0.1) is 0 Å². The summed E-state index contributed by atoms with van der Waals surface area (Å²) >= 11 is 0. The number of para-hydroxylation sites is 2. The van der Waals surface area contributed by atoms with Gasteiger partial charge in [-0.1, -0.05) is 54.6 Å². The molecule has 0 spiro atoms. The largest absolute Gasteiger partial charge is 0.495 e. The molecule has 6 heteroatoms. The van der Waals surface area contributed by atoms with Crippen LogP contribution in [0.4, 0.5) is 5.69 Å². The molecule has 0 aromatic heterocycles. The lowest BCUT2D eigenvalue weighted by Gasteiger charge is -2.21. The number of rotatable bonds is 5. The third-order valence-electron chi connectivity index (χ3n) is 4.87. The highest BCUT2D eigenvalue weighted by atomic mass is 16.7. The van der Waals surface area contributed by atoms with Crippen molar-refractivity contribution in [3.05, 3.63) is 72.3 Å². The number of nitrogens with one attached hydrogen (secondary N) is 1.